The molecule has 3 heteroatoms. The maximum absolute atomic E-state index is 8.58. The molecule has 1 N–H and O–H groups in total. The van der Waals surface area contributed by atoms with Crippen LogP contribution in [0.2, 0.25) is 0 Å². The molecule has 0 spiro atoms. The van der Waals surface area contributed by atoms with Crippen LogP contribution in [0.15, 0.2) is 18.3 Å². The number of aromatic nitrogens is 1. The van der Waals surface area contributed by atoms with Crippen molar-refractivity contribution in [2.24, 2.45) is 5.92 Å². The van der Waals surface area contributed by atoms with Crippen molar-refractivity contribution in [3.63, 3.8) is 0 Å². The summed E-state index contributed by atoms with van der Waals surface area (Å²) in [5.74, 6) is 0.755. The van der Waals surface area contributed by atoms with Crippen molar-refractivity contribution in [1.29, 1.82) is 5.26 Å². The minimum absolute atomic E-state index is 0.470. The third kappa shape index (κ3) is 1.69. The number of nitriles is 1. The van der Waals surface area contributed by atoms with Crippen molar-refractivity contribution < 1.29 is 0 Å². The van der Waals surface area contributed by atoms with Crippen LogP contribution in [0, 0.1) is 17.2 Å². The lowest BCUT2D eigenvalue weighted by molar-refractivity contribution is 0.303. The Morgan fingerprint density at radius 1 is 1.50 bits per heavy atom. The van der Waals surface area contributed by atoms with Crippen LogP contribution in [-0.4, -0.2) is 11.0 Å². The Hall–Kier alpha value is -1.56. The van der Waals surface area contributed by atoms with Crippen molar-refractivity contribution in [3.05, 3.63) is 24.0 Å². The average molecular weight is 187 g/mol. The van der Waals surface area contributed by atoms with E-state index in [1.165, 1.54) is 12.8 Å². The van der Waals surface area contributed by atoms with Crippen LogP contribution in [0.4, 0.5) is 5.69 Å². The van der Waals surface area contributed by atoms with E-state index in [-0.39, 0.29) is 0 Å². The Labute approximate surface area is 83.8 Å². The van der Waals surface area contributed by atoms with Gasteiger partial charge in [-0.25, -0.2) is 4.98 Å². The molecule has 0 bridgehead atoms. The van der Waals surface area contributed by atoms with Gasteiger partial charge in [-0.1, -0.05) is 6.92 Å². The maximum atomic E-state index is 8.58. The molecule has 14 heavy (non-hydrogen) atoms. The number of nitrogens with one attached hydrogen (secondary N) is 1. The second kappa shape index (κ2) is 3.67. The van der Waals surface area contributed by atoms with Crippen LogP contribution in [0.1, 0.15) is 25.5 Å². The standard InChI is InChI=1S/C11H13N3/c1-8-2-5-11(8)14-10-4-3-9(6-12)13-7-10/h3-4,7-8,11,14H,2,5H2,1H3. The normalized spacial score (nSPS) is 24.9. The van der Waals surface area contributed by atoms with E-state index in [1.807, 2.05) is 12.1 Å². The van der Waals surface area contributed by atoms with Gasteiger partial charge >= 0.3 is 0 Å². The van der Waals surface area contributed by atoms with Crippen molar-refractivity contribution in [2.45, 2.75) is 25.8 Å². The Kier molecular flexibility index (Phi) is 2.36. The Morgan fingerprint density at radius 3 is 2.79 bits per heavy atom. The number of nitrogens with zero attached hydrogens (tertiary/aromatic N) is 2. The minimum atomic E-state index is 0.470. The van der Waals surface area contributed by atoms with E-state index in [1.54, 1.807) is 12.3 Å². The summed E-state index contributed by atoms with van der Waals surface area (Å²) in [4.78, 5) is 4.01. The summed E-state index contributed by atoms with van der Waals surface area (Å²) in [7, 11) is 0. The molecule has 1 aromatic rings. The largest absolute Gasteiger partial charge is 0.381 e. The fourth-order valence-electron chi connectivity index (χ4n) is 1.64. The van der Waals surface area contributed by atoms with E-state index in [4.69, 9.17) is 5.26 Å². The van der Waals surface area contributed by atoms with Crippen molar-refractivity contribution >= 4 is 5.69 Å². The first-order valence-corrected chi connectivity index (χ1v) is 4.92. The first-order valence-electron chi connectivity index (χ1n) is 4.92. The summed E-state index contributed by atoms with van der Waals surface area (Å²) in [5, 5.41) is 12.0. The molecule has 0 aliphatic heterocycles. The predicted molar refractivity (Wildman–Crippen MR) is 54.8 cm³/mol. The monoisotopic (exact) mass is 187 g/mol. The molecule has 0 radical (unpaired) electrons. The molecule has 1 aromatic heterocycles. The second-order valence-electron chi connectivity index (χ2n) is 3.85. The summed E-state index contributed by atoms with van der Waals surface area (Å²) >= 11 is 0. The van der Waals surface area contributed by atoms with E-state index in [2.05, 4.69) is 17.2 Å². The van der Waals surface area contributed by atoms with E-state index in [0.717, 1.165) is 11.6 Å². The number of hydrogen-bond donors (Lipinski definition) is 1. The van der Waals surface area contributed by atoms with Crippen molar-refractivity contribution in [3.8, 4) is 6.07 Å². The van der Waals surface area contributed by atoms with Gasteiger partial charge in [-0.2, -0.15) is 5.26 Å². The van der Waals surface area contributed by atoms with Gasteiger partial charge in [0.2, 0.25) is 0 Å². The number of pyridine rings is 1. The third-order valence-electron chi connectivity index (χ3n) is 2.85. The highest BCUT2D eigenvalue weighted by molar-refractivity contribution is 5.44. The first-order chi connectivity index (χ1) is 6.79. The fraction of sp³-hybridized carbons (Fsp3) is 0.455. The Morgan fingerprint density at radius 2 is 2.36 bits per heavy atom. The summed E-state index contributed by atoms with van der Waals surface area (Å²) in [6, 6.07) is 6.25. The second-order valence-corrected chi connectivity index (χ2v) is 3.85. The van der Waals surface area contributed by atoms with Crippen LogP contribution in [-0.2, 0) is 0 Å². The van der Waals surface area contributed by atoms with Crippen molar-refractivity contribution in [1.82, 2.24) is 4.98 Å². The molecule has 1 aliphatic carbocycles. The number of anilines is 1. The lowest BCUT2D eigenvalue weighted by Gasteiger charge is -2.35. The van der Waals surface area contributed by atoms with Gasteiger partial charge in [-0.05, 0) is 30.9 Å². The smallest absolute Gasteiger partial charge is 0.140 e. The maximum Gasteiger partial charge on any atom is 0.140 e. The van der Waals surface area contributed by atoms with Gasteiger partial charge in [0.15, 0.2) is 0 Å². The number of rotatable bonds is 2. The predicted octanol–water partition coefficient (Wildman–Crippen LogP) is 2.16. The molecule has 1 saturated carbocycles. The Bertz CT molecular complexity index is 350. The average Bonchev–Trinajstić information content (AvgIpc) is 2.24. The van der Waals surface area contributed by atoms with Gasteiger partial charge in [-0.3, -0.25) is 0 Å². The molecule has 0 saturated heterocycles. The quantitative estimate of drug-likeness (QED) is 0.771. The van der Waals surface area contributed by atoms with Crippen LogP contribution in [0.3, 0.4) is 0 Å². The zero-order chi connectivity index (χ0) is 9.97. The molecule has 1 aliphatic rings. The highest BCUT2D eigenvalue weighted by atomic mass is 15.0. The molecule has 0 amide bonds. The van der Waals surface area contributed by atoms with Gasteiger partial charge in [0, 0.05) is 6.04 Å². The highest BCUT2D eigenvalue weighted by Gasteiger charge is 2.26. The Balaban J connectivity index is 2.00. The van der Waals surface area contributed by atoms with Gasteiger partial charge in [0.1, 0.15) is 11.8 Å². The molecule has 3 nitrogen and oxygen atoms in total. The fourth-order valence-corrected chi connectivity index (χ4v) is 1.64. The molecule has 0 aromatic carbocycles. The summed E-state index contributed by atoms with van der Waals surface area (Å²) in [5.41, 5.74) is 1.48. The number of hydrogen-bond acceptors (Lipinski definition) is 3. The highest BCUT2D eigenvalue weighted by Crippen LogP contribution is 2.29. The summed E-state index contributed by atoms with van der Waals surface area (Å²) in [6.07, 6.45) is 4.27. The first kappa shape index (κ1) is 9.01. The van der Waals surface area contributed by atoms with Crippen LogP contribution >= 0.6 is 0 Å². The molecule has 1 fully saturated rings. The summed E-state index contributed by atoms with van der Waals surface area (Å²) in [6.45, 7) is 2.25. The van der Waals surface area contributed by atoms with Crippen LogP contribution < -0.4 is 5.32 Å². The molecular weight excluding hydrogens is 174 g/mol. The van der Waals surface area contributed by atoms with E-state index >= 15 is 0 Å². The molecule has 2 rings (SSSR count). The topological polar surface area (TPSA) is 48.7 Å². The van der Waals surface area contributed by atoms with Crippen LogP contribution in [0.5, 0.6) is 0 Å². The van der Waals surface area contributed by atoms with Gasteiger partial charge in [0.25, 0.3) is 0 Å². The zero-order valence-electron chi connectivity index (χ0n) is 8.20. The minimum Gasteiger partial charge on any atom is -0.381 e. The van der Waals surface area contributed by atoms with Gasteiger partial charge in [-0.15, -0.1) is 0 Å². The van der Waals surface area contributed by atoms with E-state index in [9.17, 15) is 0 Å². The van der Waals surface area contributed by atoms with E-state index < -0.39 is 0 Å². The lowest BCUT2D eigenvalue weighted by Crippen LogP contribution is -2.36. The lowest BCUT2D eigenvalue weighted by atomic mass is 9.81. The SMILES string of the molecule is CC1CCC1Nc1ccc(C#N)nc1. The van der Waals surface area contributed by atoms with Crippen molar-refractivity contribution in [2.75, 3.05) is 5.32 Å². The molecule has 1 heterocycles. The molecule has 2 unspecified atom stereocenters. The van der Waals surface area contributed by atoms with Gasteiger partial charge < -0.3 is 5.32 Å². The molecule has 72 valence electrons. The molecule has 2 atom stereocenters. The van der Waals surface area contributed by atoms with Gasteiger partial charge in [0.05, 0.1) is 11.9 Å². The third-order valence-corrected chi connectivity index (χ3v) is 2.85. The van der Waals surface area contributed by atoms with E-state index in [0.29, 0.717) is 11.7 Å². The summed E-state index contributed by atoms with van der Waals surface area (Å²) < 4.78 is 0. The van der Waals surface area contributed by atoms with Crippen LogP contribution in [0.25, 0.3) is 0 Å². The molecular formula is C11H13N3. The zero-order valence-corrected chi connectivity index (χ0v) is 8.20.